The van der Waals surface area contributed by atoms with E-state index in [1.54, 1.807) is 29.2 Å². The van der Waals surface area contributed by atoms with Crippen LogP contribution in [0.25, 0.3) is 21.8 Å². The van der Waals surface area contributed by atoms with E-state index in [1.807, 2.05) is 92.7 Å². The molecule has 6 aromatic rings. The van der Waals surface area contributed by atoms with Crippen LogP contribution in [0.2, 0.25) is 0 Å². The second-order valence-electron chi connectivity index (χ2n) is 10.0. The smallest absolute Gasteiger partial charge is 0.259 e. The van der Waals surface area contributed by atoms with Crippen molar-refractivity contribution in [1.29, 1.82) is 0 Å². The number of rotatable bonds is 5. The lowest BCUT2D eigenvalue weighted by atomic mass is 10.0. The summed E-state index contributed by atoms with van der Waals surface area (Å²) in [6, 6.07) is 31.9. The molecular formula is C34H31N5O3. The lowest BCUT2D eigenvalue weighted by molar-refractivity contribution is -0.116. The Kier molecular flexibility index (Phi) is 8.24. The molecule has 0 saturated heterocycles. The number of anilines is 2. The number of H-pyrrole nitrogens is 1. The van der Waals surface area contributed by atoms with E-state index in [-0.39, 0.29) is 17.2 Å². The van der Waals surface area contributed by atoms with E-state index in [4.69, 9.17) is 0 Å². The average molecular weight is 558 g/mol. The molecule has 2 amide bonds. The monoisotopic (exact) mass is 557 g/mol. The molecular weight excluding hydrogens is 526 g/mol. The van der Waals surface area contributed by atoms with Gasteiger partial charge in [0.15, 0.2) is 0 Å². The maximum Gasteiger partial charge on any atom is 0.259 e. The molecule has 8 nitrogen and oxygen atoms in total. The minimum Gasteiger partial charge on any atom is -0.506 e. The van der Waals surface area contributed by atoms with Crippen LogP contribution >= 0.6 is 0 Å². The lowest BCUT2D eigenvalue weighted by Crippen LogP contribution is -2.28. The van der Waals surface area contributed by atoms with Gasteiger partial charge in [-0.1, -0.05) is 72.8 Å². The van der Waals surface area contributed by atoms with Crippen LogP contribution in [0.3, 0.4) is 0 Å². The van der Waals surface area contributed by atoms with Gasteiger partial charge in [-0.15, -0.1) is 0 Å². The van der Waals surface area contributed by atoms with Crippen LogP contribution in [0, 0.1) is 13.8 Å². The van der Waals surface area contributed by atoms with Gasteiger partial charge in [0.2, 0.25) is 5.91 Å². The van der Waals surface area contributed by atoms with Gasteiger partial charge in [0, 0.05) is 23.4 Å². The normalized spacial score (nSPS) is 10.6. The molecule has 0 fully saturated rings. The van der Waals surface area contributed by atoms with E-state index < -0.39 is 5.91 Å². The first-order valence-electron chi connectivity index (χ1n) is 13.5. The molecule has 0 radical (unpaired) electrons. The first-order chi connectivity index (χ1) is 20.3. The molecule has 0 bridgehead atoms. The zero-order valence-electron chi connectivity index (χ0n) is 23.6. The average Bonchev–Trinajstić information content (AvgIpc) is 3.46. The molecule has 0 spiro atoms. The summed E-state index contributed by atoms with van der Waals surface area (Å²) in [6.45, 7) is 5.87. The zero-order chi connectivity index (χ0) is 29.6. The van der Waals surface area contributed by atoms with E-state index in [2.05, 4.69) is 20.7 Å². The fourth-order valence-corrected chi connectivity index (χ4v) is 4.73. The first-order valence-corrected chi connectivity index (χ1v) is 13.5. The predicted molar refractivity (Wildman–Crippen MR) is 167 cm³/mol. The Morgan fingerprint density at radius 1 is 0.810 bits per heavy atom. The number of amides is 2. The van der Waals surface area contributed by atoms with Crippen molar-refractivity contribution < 1.29 is 14.7 Å². The van der Waals surface area contributed by atoms with Gasteiger partial charge in [-0.25, -0.2) is 0 Å². The molecule has 8 heteroatoms. The highest BCUT2D eigenvalue weighted by atomic mass is 16.3. The zero-order valence-corrected chi connectivity index (χ0v) is 23.6. The summed E-state index contributed by atoms with van der Waals surface area (Å²) in [4.78, 5) is 27.0. The Labute approximate surface area is 243 Å². The maximum atomic E-state index is 12.9. The van der Waals surface area contributed by atoms with Gasteiger partial charge in [-0.05, 0) is 60.9 Å². The van der Waals surface area contributed by atoms with E-state index in [9.17, 15) is 14.7 Å². The molecule has 1 aromatic heterocycles. The van der Waals surface area contributed by atoms with E-state index >= 15 is 0 Å². The number of hydrogen-bond donors (Lipinski definition) is 3. The highest BCUT2D eigenvalue weighted by Crippen LogP contribution is 2.36. The van der Waals surface area contributed by atoms with E-state index in [1.165, 1.54) is 12.5 Å². The summed E-state index contributed by atoms with van der Waals surface area (Å²) >= 11 is 0. The SMILES string of the molecule is CC(=O)N(Cc1ccccc1)c1cccc2c(O)c(C(=O)Nc3ccccc3C)ccc12.Cc1ccc2n[nH]nc2c1. The molecule has 210 valence electrons. The number of fused-ring (bicyclic) bond motifs is 2. The number of phenols is 1. The number of hydrogen-bond acceptors (Lipinski definition) is 5. The van der Waals surface area contributed by atoms with E-state index in [0.717, 1.165) is 22.2 Å². The fraction of sp³-hybridized carbons (Fsp3) is 0.118. The second-order valence-corrected chi connectivity index (χ2v) is 10.0. The number of aromatic amines is 1. The highest BCUT2D eigenvalue weighted by Gasteiger charge is 2.20. The van der Waals surface area contributed by atoms with Crippen molar-refractivity contribution in [1.82, 2.24) is 15.4 Å². The van der Waals surface area contributed by atoms with Gasteiger partial charge in [-0.3, -0.25) is 9.59 Å². The molecule has 5 aromatic carbocycles. The van der Waals surface area contributed by atoms with Crippen molar-refractivity contribution in [2.45, 2.75) is 27.3 Å². The summed E-state index contributed by atoms with van der Waals surface area (Å²) in [5.41, 5.74) is 6.54. The maximum absolute atomic E-state index is 12.9. The molecule has 1 heterocycles. The Morgan fingerprint density at radius 2 is 1.55 bits per heavy atom. The van der Waals surface area contributed by atoms with Gasteiger partial charge >= 0.3 is 0 Å². The van der Waals surface area contributed by atoms with Crippen molar-refractivity contribution in [3.05, 3.63) is 125 Å². The van der Waals surface area contributed by atoms with Crippen LogP contribution in [0.4, 0.5) is 11.4 Å². The highest BCUT2D eigenvalue weighted by molar-refractivity contribution is 6.12. The number of phenolic OH excluding ortho intramolecular Hbond substituents is 1. The third kappa shape index (κ3) is 6.13. The fourth-order valence-electron chi connectivity index (χ4n) is 4.73. The van der Waals surface area contributed by atoms with Crippen molar-refractivity contribution in [2.75, 3.05) is 10.2 Å². The first kappa shape index (κ1) is 28.0. The molecule has 0 aliphatic rings. The number of aryl methyl sites for hydroxylation is 2. The number of aromatic nitrogens is 3. The summed E-state index contributed by atoms with van der Waals surface area (Å²) < 4.78 is 0. The van der Waals surface area contributed by atoms with Gasteiger partial charge in [0.05, 0.1) is 17.8 Å². The van der Waals surface area contributed by atoms with Gasteiger partial charge in [-0.2, -0.15) is 15.4 Å². The third-order valence-corrected chi connectivity index (χ3v) is 6.97. The van der Waals surface area contributed by atoms with Crippen LogP contribution < -0.4 is 10.2 Å². The van der Waals surface area contributed by atoms with Crippen molar-refractivity contribution in [3.63, 3.8) is 0 Å². The minimum absolute atomic E-state index is 0.109. The number of para-hydroxylation sites is 1. The van der Waals surface area contributed by atoms with Crippen molar-refractivity contribution >= 4 is 45.0 Å². The largest absolute Gasteiger partial charge is 0.506 e. The van der Waals surface area contributed by atoms with Crippen LogP contribution in [-0.2, 0) is 11.3 Å². The molecule has 3 N–H and O–H groups in total. The number of benzene rings is 5. The number of nitrogens with zero attached hydrogens (tertiary/aromatic N) is 3. The van der Waals surface area contributed by atoms with Crippen LogP contribution in [-0.4, -0.2) is 32.3 Å². The molecule has 6 rings (SSSR count). The van der Waals surface area contributed by atoms with Crippen LogP contribution in [0.1, 0.15) is 34.0 Å². The molecule has 0 unspecified atom stereocenters. The standard InChI is InChI=1S/C27H24N2O3.C7H7N3/c1-18-9-6-7-13-24(18)28-27(32)23-16-15-21-22(26(23)31)12-8-14-25(21)29(19(2)30)17-20-10-4-3-5-11-20;1-5-2-3-6-7(4-5)9-10-8-6/h3-16,31H,17H2,1-2H3,(H,28,32);2-4H,1H3,(H,8,9,10). The molecule has 0 aliphatic carbocycles. The predicted octanol–water partition coefficient (Wildman–Crippen LogP) is 6.93. The van der Waals surface area contributed by atoms with Gasteiger partial charge in [0.25, 0.3) is 5.91 Å². The van der Waals surface area contributed by atoms with E-state index in [0.29, 0.717) is 28.7 Å². The Balaban J connectivity index is 0.000000295. The lowest BCUT2D eigenvalue weighted by Gasteiger charge is -2.23. The third-order valence-electron chi connectivity index (χ3n) is 6.97. The van der Waals surface area contributed by atoms with Gasteiger partial charge < -0.3 is 15.3 Å². The van der Waals surface area contributed by atoms with Crippen LogP contribution in [0.15, 0.2) is 103 Å². The van der Waals surface area contributed by atoms with Crippen LogP contribution in [0.5, 0.6) is 5.75 Å². The Hall–Kier alpha value is -5.50. The number of carbonyl (C=O) groups is 2. The number of aromatic hydroxyl groups is 1. The van der Waals surface area contributed by atoms with Crippen molar-refractivity contribution in [3.8, 4) is 5.75 Å². The molecule has 42 heavy (non-hydrogen) atoms. The van der Waals surface area contributed by atoms with Crippen molar-refractivity contribution in [2.24, 2.45) is 0 Å². The Morgan fingerprint density at radius 3 is 2.31 bits per heavy atom. The molecule has 0 atom stereocenters. The summed E-state index contributed by atoms with van der Waals surface area (Å²) in [6.07, 6.45) is 0. The number of nitrogens with one attached hydrogen (secondary N) is 2. The summed E-state index contributed by atoms with van der Waals surface area (Å²) in [5.74, 6) is -0.613. The Bertz CT molecular complexity index is 1880. The van der Waals surface area contributed by atoms with Gasteiger partial charge in [0.1, 0.15) is 16.8 Å². The quantitative estimate of drug-likeness (QED) is 0.213. The summed E-state index contributed by atoms with van der Waals surface area (Å²) in [7, 11) is 0. The molecule has 0 saturated carbocycles. The minimum atomic E-state index is -0.392. The summed E-state index contributed by atoms with van der Waals surface area (Å²) in [5, 5.41) is 25.4. The molecule has 0 aliphatic heterocycles. The topological polar surface area (TPSA) is 111 Å². The second kappa shape index (κ2) is 12.3. The number of carbonyl (C=O) groups excluding carboxylic acids is 2.